The van der Waals surface area contributed by atoms with Crippen LogP contribution in [-0.4, -0.2) is 31.1 Å². The average Bonchev–Trinajstić information content (AvgIpc) is 2.42. The van der Waals surface area contributed by atoms with Crippen LogP contribution in [0.25, 0.3) is 0 Å². The first-order valence-corrected chi connectivity index (χ1v) is 7.77. The van der Waals surface area contributed by atoms with E-state index >= 15 is 0 Å². The molecular formula is C16H21ClF4N2. The Bertz CT molecular complexity index is 525. The van der Waals surface area contributed by atoms with Gasteiger partial charge in [-0.05, 0) is 42.5 Å². The van der Waals surface area contributed by atoms with E-state index in [0.29, 0.717) is 17.5 Å². The monoisotopic (exact) mass is 352 g/mol. The second-order valence-electron chi connectivity index (χ2n) is 6.19. The summed E-state index contributed by atoms with van der Waals surface area (Å²) in [5.74, 6) is -0.467. The molecule has 0 amide bonds. The molecule has 0 aromatic heterocycles. The van der Waals surface area contributed by atoms with Gasteiger partial charge < -0.3 is 5.32 Å². The van der Waals surface area contributed by atoms with Crippen LogP contribution in [0.4, 0.5) is 17.6 Å². The van der Waals surface area contributed by atoms with Crippen LogP contribution in [0.2, 0.25) is 0 Å². The van der Waals surface area contributed by atoms with Crippen LogP contribution in [0.3, 0.4) is 0 Å². The van der Waals surface area contributed by atoms with Crippen LogP contribution < -0.4 is 5.32 Å². The van der Waals surface area contributed by atoms with Gasteiger partial charge in [0.2, 0.25) is 0 Å². The van der Waals surface area contributed by atoms with E-state index in [1.54, 1.807) is 0 Å². The zero-order valence-corrected chi connectivity index (χ0v) is 13.5. The fourth-order valence-electron chi connectivity index (χ4n) is 3.44. The fraction of sp³-hybridized carbons (Fsp3) is 0.625. The number of nitrogens with one attached hydrogen (secondary N) is 1. The molecule has 1 aliphatic heterocycles. The van der Waals surface area contributed by atoms with E-state index in [4.69, 9.17) is 0 Å². The summed E-state index contributed by atoms with van der Waals surface area (Å²) in [5.41, 5.74) is -0.416. The van der Waals surface area contributed by atoms with Gasteiger partial charge in [-0.3, -0.25) is 4.90 Å². The number of benzene rings is 1. The molecule has 2 nitrogen and oxygen atoms in total. The highest BCUT2D eigenvalue weighted by atomic mass is 35.5. The number of alkyl halides is 3. The molecule has 1 heterocycles. The number of rotatable bonds is 3. The van der Waals surface area contributed by atoms with Crippen LogP contribution in [0.15, 0.2) is 18.2 Å². The zero-order chi connectivity index (χ0) is 15.7. The van der Waals surface area contributed by atoms with Gasteiger partial charge in [-0.2, -0.15) is 13.2 Å². The maximum atomic E-state index is 13.7. The predicted octanol–water partition coefficient (Wildman–Crippen LogP) is 4.01. The first-order valence-electron chi connectivity index (χ1n) is 7.77. The topological polar surface area (TPSA) is 15.3 Å². The second-order valence-corrected chi connectivity index (χ2v) is 6.19. The van der Waals surface area contributed by atoms with E-state index in [-0.39, 0.29) is 18.4 Å². The average molecular weight is 353 g/mol. The van der Waals surface area contributed by atoms with Gasteiger partial charge in [0.1, 0.15) is 5.82 Å². The normalized spacial score (nSPS) is 21.4. The van der Waals surface area contributed by atoms with Crippen LogP contribution in [0, 0.1) is 11.7 Å². The largest absolute Gasteiger partial charge is 0.416 e. The van der Waals surface area contributed by atoms with Gasteiger partial charge in [-0.25, -0.2) is 4.39 Å². The molecule has 1 N–H and O–H groups in total. The highest BCUT2D eigenvalue weighted by Gasteiger charge is 2.36. The van der Waals surface area contributed by atoms with Crippen molar-refractivity contribution in [1.82, 2.24) is 10.2 Å². The number of hydrogen-bond acceptors (Lipinski definition) is 2. The fourth-order valence-corrected chi connectivity index (χ4v) is 3.44. The standard InChI is InChI=1S/C16H20F4N2.ClH/c17-14-9-12(8-13(10-14)16(18,19)20)15(11-2-1-3-11)22-6-4-21-5-7-22;/h8-11,15,21H,1-7H2;1H/t15-;/m1./s1. The highest BCUT2D eigenvalue weighted by molar-refractivity contribution is 5.85. The molecule has 0 radical (unpaired) electrons. The van der Waals surface area contributed by atoms with Gasteiger partial charge >= 0.3 is 6.18 Å². The summed E-state index contributed by atoms with van der Waals surface area (Å²) in [6.07, 6.45) is -1.39. The van der Waals surface area contributed by atoms with Gasteiger partial charge in [-0.1, -0.05) is 6.42 Å². The van der Waals surface area contributed by atoms with Crippen molar-refractivity contribution in [2.45, 2.75) is 31.5 Å². The van der Waals surface area contributed by atoms with Crippen molar-refractivity contribution >= 4 is 12.4 Å². The van der Waals surface area contributed by atoms with E-state index in [9.17, 15) is 17.6 Å². The summed E-state index contributed by atoms with van der Waals surface area (Å²) in [7, 11) is 0. The Hall–Kier alpha value is -0.850. The van der Waals surface area contributed by atoms with Gasteiger partial charge in [0, 0.05) is 32.2 Å². The molecular weight excluding hydrogens is 332 g/mol. The first kappa shape index (κ1) is 18.5. The molecule has 130 valence electrons. The molecule has 1 aromatic rings. The third-order valence-corrected chi connectivity index (χ3v) is 4.73. The number of hydrogen-bond donors (Lipinski definition) is 1. The summed E-state index contributed by atoms with van der Waals surface area (Å²) in [6.45, 7) is 3.23. The third kappa shape index (κ3) is 4.17. The molecule has 2 aliphatic rings. The Balaban J connectivity index is 0.00000192. The molecule has 0 spiro atoms. The highest BCUT2D eigenvalue weighted by Crippen LogP contribution is 2.43. The van der Waals surface area contributed by atoms with Crippen molar-refractivity contribution in [3.05, 3.63) is 35.1 Å². The molecule has 2 fully saturated rings. The van der Waals surface area contributed by atoms with E-state index in [2.05, 4.69) is 10.2 Å². The molecule has 1 saturated carbocycles. The molecule has 1 aliphatic carbocycles. The molecule has 0 unspecified atom stereocenters. The van der Waals surface area contributed by atoms with Gasteiger partial charge in [0.15, 0.2) is 0 Å². The van der Waals surface area contributed by atoms with Crippen LogP contribution in [0.5, 0.6) is 0 Å². The van der Waals surface area contributed by atoms with E-state index in [0.717, 1.165) is 51.5 Å². The maximum absolute atomic E-state index is 13.7. The van der Waals surface area contributed by atoms with Crippen molar-refractivity contribution in [3.63, 3.8) is 0 Å². The van der Waals surface area contributed by atoms with Crippen molar-refractivity contribution < 1.29 is 17.6 Å². The number of nitrogens with zero attached hydrogens (tertiary/aromatic N) is 1. The van der Waals surface area contributed by atoms with Gasteiger partial charge in [0.05, 0.1) is 5.56 Å². The Labute approximate surface area is 139 Å². The minimum Gasteiger partial charge on any atom is -0.314 e. The van der Waals surface area contributed by atoms with Gasteiger partial charge in [-0.15, -0.1) is 12.4 Å². The quantitative estimate of drug-likeness (QED) is 0.827. The lowest BCUT2D eigenvalue weighted by Gasteiger charge is -2.43. The molecule has 1 saturated heterocycles. The van der Waals surface area contributed by atoms with Gasteiger partial charge in [0.25, 0.3) is 0 Å². The van der Waals surface area contributed by atoms with Crippen molar-refractivity contribution in [2.75, 3.05) is 26.2 Å². The molecule has 0 bridgehead atoms. The Morgan fingerprint density at radius 2 is 1.74 bits per heavy atom. The SMILES string of the molecule is Cl.Fc1cc([C@@H](C2CCC2)N2CCNCC2)cc(C(F)(F)F)c1. The minimum absolute atomic E-state index is 0. The maximum Gasteiger partial charge on any atom is 0.416 e. The smallest absolute Gasteiger partial charge is 0.314 e. The predicted molar refractivity (Wildman–Crippen MR) is 83.2 cm³/mol. The summed E-state index contributed by atoms with van der Waals surface area (Å²) in [4.78, 5) is 2.20. The summed E-state index contributed by atoms with van der Waals surface area (Å²) in [5, 5.41) is 3.25. The Morgan fingerprint density at radius 3 is 2.26 bits per heavy atom. The van der Waals surface area contributed by atoms with E-state index in [1.165, 1.54) is 6.07 Å². The van der Waals surface area contributed by atoms with Crippen molar-refractivity contribution in [2.24, 2.45) is 5.92 Å². The summed E-state index contributed by atoms with van der Waals surface area (Å²) in [6, 6.07) is 2.89. The molecule has 1 aromatic carbocycles. The molecule has 3 rings (SSSR count). The lowest BCUT2D eigenvalue weighted by molar-refractivity contribution is -0.137. The third-order valence-electron chi connectivity index (χ3n) is 4.73. The van der Waals surface area contributed by atoms with E-state index in [1.807, 2.05) is 0 Å². The number of piperazine rings is 1. The number of halogens is 5. The van der Waals surface area contributed by atoms with Crippen LogP contribution in [0.1, 0.15) is 36.4 Å². The molecule has 23 heavy (non-hydrogen) atoms. The first-order chi connectivity index (χ1) is 10.4. The Kier molecular flexibility index (Phi) is 5.92. The lowest BCUT2D eigenvalue weighted by atomic mass is 9.76. The summed E-state index contributed by atoms with van der Waals surface area (Å²) >= 11 is 0. The van der Waals surface area contributed by atoms with Crippen LogP contribution in [-0.2, 0) is 6.18 Å². The minimum atomic E-state index is -4.51. The van der Waals surface area contributed by atoms with Crippen molar-refractivity contribution in [1.29, 1.82) is 0 Å². The second kappa shape index (κ2) is 7.36. The van der Waals surface area contributed by atoms with Crippen molar-refractivity contribution in [3.8, 4) is 0 Å². The Morgan fingerprint density at radius 1 is 1.09 bits per heavy atom. The molecule has 7 heteroatoms. The molecule has 1 atom stereocenters. The van der Waals surface area contributed by atoms with E-state index < -0.39 is 17.6 Å². The zero-order valence-electron chi connectivity index (χ0n) is 12.7. The summed E-state index contributed by atoms with van der Waals surface area (Å²) < 4.78 is 52.6. The lowest BCUT2D eigenvalue weighted by Crippen LogP contribution is -2.47. The van der Waals surface area contributed by atoms with Crippen LogP contribution >= 0.6 is 12.4 Å².